The molecule has 0 unspecified atom stereocenters. The molecule has 0 aliphatic carbocycles. The molecule has 0 spiro atoms. The van der Waals surface area contributed by atoms with Crippen LogP contribution in [0, 0.1) is 5.92 Å². The van der Waals surface area contributed by atoms with E-state index in [4.69, 9.17) is 9.84 Å². The number of hydrogen-bond acceptors (Lipinski definition) is 3. The number of carbonyl (C=O) groups excluding carboxylic acids is 1. The van der Waals surface area contributed by atoms with Crippen LogP contribution in [0.1, 0.15) is 18.4 Å². The fourth-order valence-corrected chi connectivity index (χ4v) is 2.27. The summed E-state index contributed by atoms with van der Waals surface area (Å²) in [5.74, 6) is -1.12. The second-order valence-corrected chi connectivity index (χ2v) is 4.99. The highest BCUT2D eigenvalue weighted by Crippen LogP contribution is 2.17. The van der Waals surface area contributed by atoms with Gasteiger partial charge in [-0.3, -0.25) is 4.79 Å². The van der Waals surface area contributed by atoms with Crippen LogP contribution in [0.2, 0.25) is 0 Å². The van der Waals surface area contributed by atoms with Gasteiger partial charge in [-0.15, -0.1) is 0 Å². The highest BCUT2D eigenvalue weighted by atomic mass is 16.6. The largest absolute Gasteiger partial charge is 0.481 e. The van der Waals surface area contributed by atoms with Crippen LogP contribution in [-0.4, -0.2) is 41.8 Å². The van der Waals surface area contributed by atoms with Gasteiger partial charge in [-0.2, -0.15) is 0 Å². The Kier molecular flexibility index (Phi) is 5.37. The maximum Gasteiger partial charge on any atom is 0.410 e. The predicted molar refractivity (Wildman–Crippen MR) is 78.8 cm³/mol. The highest BCUT2D eigenvalue weighted by Gasteiger charge is 2.27. The molecule has 1 aliphatic heterocycles. The number of aliphatic carboxylic acids is 1. The Hall–Kier alpha value is -2.30. The average molecular weight is 289 g/mol. The maximum absolute atomic E-state index is 11.8. The summed E-state index contributed by atoms with van der Waals surface area (Å²) >= 11 is 0. The zero-order valence-corrected chi connectivity index (χ0v) is 11.8. The van der Waals surface area contributed by atoms with E-state index in [1.807, 2.05) is 36.4 Å². The van der Waals surface area contributed by atoms with E-state index in [0.717, 1.165) is 5.56 Å². The fraction of sp³-hybridized carbons (Fsp3) is 0.375. The first-order chi connectivity index (χ1) is 10.2. The van der Waals surface area contributed by atoms with Crippen LogP contribution in [0.5, 0.6) is 0 Å². The topological polar surface area (TPSA) is 66.8 Å². The van der Waals surface area contributed by atoms with Crippen LogP contribution in [-0.2, 0) is 9.53 Å². The summed E-state index contributed by atoms with van der Waals surface area (Å²) in [6.45, 7) is 1.10. The Morgan fingerprint density at radius 3 is 2.52 bits per heavy atom. The smallest absolute Gasteiger partial charge is 0.410 e. The third-order valence-electron chi connectivity index (χ3n) is 3.52. The van der Waals surface area contributed by atoms with Crippen LogP contribution in [0.15, 0.2) is 36.4 Å². The molecule has 1 saturated heterocycles. The van der Waals surface area contributed by atoms with Crippen molar-refractivity contribution in [1.82, 2.24) is 4.90 Å². The number of ether oxygens (including phenoxy) is 1. The van der Waals surface area contributed by atoms with E-state index in [0.29, 0.717) is 25.9 Å². The summed E-state index contributed by atoms with van der Waals surface area (Å²) in [6, 6.07) is 9.76. The van der Waals surface area contributed by atoms with Gasteiger partial charge in [0.1, 0.15) is 6.61 Å². The number of nitrogens with zero attached hydrogens (tertiary/aromatic N) is 1. The SMILES string of the molecule is O=C(O)C1CCN(C(=O)OC/C=C/c2ccccc2)CC1. The maximum atomic E-state index is 11.8. The Bertz CT molecular complexity index is 504. The van der Waals surface area contributed by atoms with Crippen LogP contribution in [0.4, 0.5) is 4.79 Å². The van der Waals surface area contributed by atoms with Crippen molar-refractivity contribution in [2.24, 2.45) is 5.92 Å². The lowest BCUT2D eigenvalue weighted by Gasteiger charge is -2.29. The van der Waals surface area contributed by atoms with Crippen molar-refractivity contribution < 1.29 is 19.4 Å². The zero-order valence-electron chi connectivity index (χ0n) is 11.8. The molecule has 0 radical (unpaired) electrons. The van der Waals surface area contributed by atoms with Gasteiger partial charge in [0.2, 0.25) is 0 Å². The minimum Gasteiger partial charge on any atom is -0.481 e. The van der Waals surface area contributed by atoms with E-state index in [2.05, 4.69) is 0 Å². The van der Waals surface area contributed by atoms with E-state index in [-0.39, 0.29) is 18.6 Å². The standard InChI is InChI=1S/C16H19NO4/c18-15(19)14-8-10-17(11-9-14)16(20)21-12-4-7-13-5-2-1-3-6-13/h1-7,14H,8-12H2,(H,18,19)/b7-4+. The van der Waals surface area contributed by atoms with Gasteiger partial charge in [0.15, 0.2) is 0 Å². The normalized spacial score (nSPS) is 16.1. The van der Waals surface area contributed by atoms with E-state index < -0.39 is 5.97 Å². The summed E-state index contributed by atoms with van der Waals surface area (Å²) in [4.78, 5) is 24.2. The minimum absolute atomic E-state index is 0.215. The van der Waals surface area contributed by atoms with Crippen LogP contribution in [0.3, 0.4) is 0 Å². The second kappa shape index (κ2) is 7.47. The molecule has 0 atom stereocenters. The summed E-state index contributed by atoms with van der Waals surface area (Å²) in [5.41, 5.74) is 1.05. The zero-order chi connectivity index (χ0) is 15.1. The minimum atomic E-state index is -0.784. The van der Waals surface area contributed by atoms with E-state index in [1.165, 1.54) is 0 Å². The molecule has 1 amide bonds. The number of likely N-dealkylation sites (tertiary alicyclic amines) is 1. The van der Waals surface area contributed by atoms with E-state index in [1.54, 1.807) is 11.0 Å². The number of amides is 1. The number of carboxylic acid groups (broad SMARTS) is 1. The monoisotopic (exact) mass is 289 g/mol. The first-order valence-corrected chi connectivity index (χ1v) is 7.03. The molecular formula is C16H19NO4. The van der Waals surface area contributed by atoms with Crippen molar-refractivity contribution >= 4 is 18.1 Å². The number of carbonyl (C=O) groups is 2. The van der Waals surface area contributed by atoms with Crippen molar-refractivity contribution in [3.63, 3.8) is 0 Å². The number of hydrogen-bond donors (Lipinski definition) is 1. The molecule has 0 aromatic heterocycles. The Balaban J connectivity index is 1.71. The molecule has 1 N–H and O–H groups in total. The third kappa shape index (κ3) is 4.63. The molecule has 1 aliphatic rings. The van der Waals surface area contributed by atoms with Crippen LogP contribution < -0.4 is 0 Å². The van der Waals surface area contributed by atoms with Gasteiger partial charge in [-0.25, -0.2) is 4.79 Å². The number of rotatable bonds is 4. The van der Waals surface area contributed by atoms with Crippen molar-refractivity contribution in [3.8, 4) is 0 Å². The van der Waals surface area contributed by atoms with Gasteiger partial charge in [0.25, 0.3) is 0 Å². The molecular weight excluding hydrogens is 270 g/mol. The van der Waals surface area contributed by atoms with Crippen molar-refractivity contribution in [1.29, 1.82) is 0 Å². The van der Waals surface area contributed by atoms with E-state index in [9.17, 15) is 9.59 Å². The highest BCUT2D eigenvalue weighted by molar-refractivity contribution is 5.71. The van der Waals surface area contributed by atoms with Crippen LogP contribution >= 0.6 is 0 Å². The molecule has 5 nitrogen and oxygen atoms in total. The predicted octanol–water partition coefficient (Wildman–Crippen LogP) is 2.63. The lowest BCUT2D eigenvalue weighted by molar-refractivity contribution is -0.143. The summed E-state index contributed by atoms with van der Waals surface area (Å²) in [7, 11) is 0. The average Bonchev–Trinajstić information content (AvgIpc) is 2.52. The number of carboxylic acids is 1. The summed E-state index contributed by atoms with van der Waals surface area (Å²) in [6.07, 6.45) is 4.28. The Labute approximate surface area is 123 Å². The summed E-state index contributed by atoms with van der Waals surface area (Å²) < 4.78 is 5.15. The van der Waals surface area contributed by atoms with Gasteiger partial charge in [0, 0.05) is 13.1 Å². The Morgan fingerprint density at radius 1 is 1.24 bits per heavy atom. The molecule has 0 bridgehead atoms. The molecule has 1 fully saturated rings. The van der Waals surface area contributed by atoms with Crippen molar-refractivity contribution in [2.75, 3.05) is 19.7 Å². The third-order valence-corrected chi connectivity index (χ3v) is 3.52. The lowest BCUT2D eigenvalue weighted by atomic mass is 9.97. The quantitative estimate of drug-likeness (QED) is 0.925. The second-order valence-electron chi connectivity index (χ2n) is 4.99. The van der Waals surface area contributed by atoms with Gasteiger partial charge in [-0.1, -0.05) is 36.4 Å². The van der Waals surface area contributed by atoms with Gasteiger partial charge in [-0.05, 0) is 24.5 Å². The van der Waals surface area contributed by atoms with Gasteiger partial charge >= 0.3 is 12.1 Å². The fourth-order valence-electron chi connectivity index (χ4n) is 2.27. The molecule has 1 aromatic rings. The number of piperidine rings is 1. The van der Waals surface area contributed by atoms with Crippen molar-refractivity contribution in [2.45, 2.75) is 12.8 Å². The molecule has 2 rings (SSSR count). The number of benzene rings is 1. The van der Waals surface area contributed by atoms with Gasteiger partial charge < -0.3 is 14.7 Å². The first kappa shape index (κ1) is 15.1. The van der Waals surface area contributed by atoms with Gasteiger partial charge in [0.05, 0.1) is 5.92 Å². The Morgan fingerprint density at radius 2 is 1.90 bits per heavy atom. The molecule has 112 valence electrons. The molecule has 0 saturated carbocycles. The van der Waals surface area contributed by atoms with Crippen molar-refractivity contribution in [3.05, 3.63) is 42.0 Å². The lowest BCUT2D eigenvalue weighted by Crippen LogP contribution is -2.40. The molecule has 21 heavy (non-hydrogen) atoms. The summed E-state index contributed by atoms with van der Waals surface area (Å²) in [5, 5.41) is 8.90. The molecule has 1 aromatic carbocycles. The van der Waals surface area contributed by atoms with Crippen LogP contribution in [0.25, 0.3) is 6.08 Å². The van der Waals surface area contributed by atoms with E-state index >= 15 is 0 Å². The molecule has 1 heterocycles. The first-order valence-electron chi connectivity index (χ1n) is 7.03. The molecule has 5 heteroatoms.